The summed E-state index contributed by atoms with van der Waals surface area (Å²) in [7, 11) is 0. The Morgan fingerprint density at radius 2 is 1.97 bits per heavy atom. The molecule has 1 aliphatic rings. The number of anilines is 1. The summed E-state index contributed by atoms with van der Waals surface area (Å²) in [5.74, 6) is 0.562. The molecule has 2 aromatic heterocycles. The highest BCUT2D eigenvalue weighted by molar-refractivity contribution is 5.80. The average Bonchev–Trinajstić information content (AvgIpc) is 2.80. The van der Waals surface area contributed by atoms with Crippen molar-refractivity contribution in [1.29, 1.82) is 0 Å². The number of nitrogens with one attached hydrogen (secondary N) is 1. The molecule has 0 atom stereocenters. The van der Waals surface area contributed by atoms with Gasteiger partial charge in [0.25, 0.3) is 0 Å². The highest BCUT2D eigenvalue weighted by Gasteiger charge is 2.12. The smallest absolute Gasteiger partial charge is 0.319 e. The van der Waals surface area contributed by atoms with E-state index in [9.17, 15) is 0 Å². The second-order valence-corrected chi connectivity index (χ2v) is 7.24. The van der Waals surface area contributed by atoms with Crippen LogP contribution in [0.3, 0.4) is 0 Å². The summed E-state index contributed by atoms with van der Waals surface area (Å²) < 4.78 is 11.3. The third-order valence-corrected chi connectivity index (χ3v) is 4.86. The summed E-state index contributed by atoms with van der Waals surface area (Å²) in [5, 5.41) is 4.33. The predicted molar refractivity (Wildman–Crippen MR) is 120 cm³/mol. The third-order valence-electron chi connectivity index (χ3n) is 4.86. The van der Waals surface area contributed by atoms with Gasteiger partial charge in [0, 0.05) is 43.7 Å². The standard InChI is InChI=1S/C23H26N6O2/c1-18-3-2-4-19(15-18)17-25-28-22-16-21(20-5-7-24-8-6-20)26-23(27-22)31-14-11-29-9-12-30-13-10-29/h2-8,15-17H,9-14H2,1H3,(H,26,27,28). The minimum Gasteiger partial charge on any atom is -0.462 e. The summed E-state index contributed by atoms with van der Waals surface area (Å²) in [5.41, 5.74) is 6.87. The maximum Gasteiger partial charge on any atom is 0.319 e. The topological polar surface area (TPSA) is 84.8 Å². The van der Waals surface area contributed by atoms with E-state index >= 15 is 0 Å². The van der Waals surface area contributed by atoms with E-state index in [4.69, 9.17) is 9.47 Å². The van der Waals surface area contributed by atoms with Crippen LogP contribution in [0.15, 0.2) is 60.0 Å². The van der Waals surface area contributed by atoms with E-state index < -0.39 is 0 Å². The van der Waals surface area contributed by atoms with Crippen LogP contribution in [-0.2, 0) is 4.74 Å². The van der Waals surface area contributed by atoms with Crippen LogP contribution >= 0.6 is 0 Å². The summed E-state index contributed by atoms with van der Waals surface area (Å²) >= 11 is 0. The molecule has 1 fully saturated rings. The minimum atomic E-state index is 0.316. The maximum absolute atomic E-state index is 5.88. The fourth-order valence-corrected chi connectivity index (χ4v) is 3.23. The van der Waals surface area contributed by atoms with Gasteiger partial charge in [0.2, 0.25) is 0 Å². The molecule has 0 radical (unpaired) electrons. The summed E-state index contributed by atoms with van der Waals surface area (Å²) in [6, 6.07) is 14.1. The van der Waals surface area contributed by atoms with E-state index in [1.54, 1.807) is 18.6 Å². The van der Waals surface area contributed by atoms with Gasteiger partial charge >= 0.3 is 6.01 Å². The van der Waals surface area contributed by atoms with Gasteiger partial charge in [-0.25, -0.2) is 0 Å². The molecule has 31 heavy (non-hydrogen) atoms. The number of hydrogen-bond donors (Lipinski definition) is 1. The number of ether oxygens (including phenoxy) is 2. The van der Waals surface area contributed by atoms with E-state index in [1.807, 2.05) is 30.3 Å². The maximum atomic E-state index is 5.88. The normalized spacial score (nSPS) is 14.6. The van der Waals surface area contributed by atoms with Crippen molar-refractivity contribution in [3.63, 3.8) is 0 Å². The lowest BCUT2D eigenvalue weighted by atomic mass is 10.2. The van der Waals surface area contributed by atoms with Crippen molar-refractivity contribution in [1.82, 2.24) is 19.9 Å². The molecule has 3 heterocycles. The Hall–Kier alpha value is -3.36. The molecule has 0 spiro atoms. The summed E-state index contributed by atoms with van der Waals surface area (Å²) in [6.07, 6.45) is 5.24. The fraction of sp³-hybridized carbons (Fsp3) is 0.304. The molecule has 0 saturated carbocycles. The molecule has 8 nitrogen and oxygen atoms in total. The average molecular weight is 419 g/mol. The van der Waals surface area contributed by atoms with Crippen LogP contribution in [0, 0.1) is 6.92 Å². The Kier molecular flexibility index (Phi) is 7.15. The molecule has 160 valence electrons. The SMILES string of the molecule is Cc1cccc(C=NNc2cc(-c3ccncc3)nc(OCCN3CCOCC3)n2)c1. The number of nitrogens with zero attached hydrogens (tertiary/aromatic N) is 5. The van der Waals surface area contributed by atoms with Gasteiger partial charge in [0.1, 0.15) is 6.61 Å². The number of hydrazone groups is 1. The first-order chi connectivity index (χ1) is 15.3. The van der Waals surface area contributed by atoms with Crippen LogP contribution in [0.1, 0.15) is 11.1 Å². The summed E-state index contributed by atoms with van der Waals surface area (Å²) in [6.45, 7) is 6.73. The molecule has 0 amide bonds. The predicted octanol–water partition coefficient (Wildman–Crippen LogP) is 3.00. The Morgan fingerprint density at radius 1 is 1.13 bits per heavy atom. The Labute approximate surface area is 182 Å². The first-order valence-corrected chi connectivity index (χ1v) is 10.3. The van der Waals surface area contributed by atoms with Crippen molar-refractivity contribution in [2.45, 2.75) is 6.92 Å². The second kappa shape index (κ2) is 10.6. The quantitative estimate of drug-likeness (QED) is 0.445. The fourth-order valence-electron chi connectivity index (χ4n) is 3.23. The van der Waals surface area contributed by atoms with Gasteiger partial charge in [-0.1, -0.05) is 29.8 Å². The number of hydrogen-bond acceptors (Lipinski definition) is 8. The zero-order valence-corrected chi connectivity index (χ0v) is 17.6. The zero-order valence-electron chi connectivity index (χ0n) is 17.6. The number of morpholine rings is 1. The Bertz CT molecular complexity index is 1010. The first kappa shape index (κ1) is 20.9. The van der Waals surface area contributed by atoms with Crippen LogP contribution in [-0.4, -0.2) is 65.5 Å². The van der Waals surface area contributed by atoms with E-state index in [2.05, 4.69) is 49.4 Å². The Morgan fingerprint density at radius 3 is 2.77 bits per heavy atom. The molecule has 1 aromatic carbocycles. The van der Waals surface area contributed by atoms with E-state index in [0.29, 0.717) is 18.4 Å². The molecule has 3 aromatic rings. The first-order valence-electron chi connectivity index (χ1n) is 10.3. The minimum absolute atomic E-state index is 0.316. The number of pyridine rings is 1. The molecular weight excluding hydrogens is 392 g/mol. The highest BCUT2D eigenvalue weighted by Crippen LogP contribution is 2.22. The lowest BCUT2D eigenvalue weighted by molar-refractivity contribution is 0.0317. The van der Waals surface area contributed by atoms with E-state index in [0.717, 1.165) is 49.7 Å². The molecule has 4 rings (SSSR count). The second-order valence-electron chi connectivity index (χ2n) is 7.24. The van der Waals surface area contributed by atoms with Gasteiger partial charge in [0.05, 0.1) is 25.1 Å². The zero-order chi connectivity index (χ0) is 21.3. The molecule has 0 bridgehead atoms. The van der Waals surface area contributed by atoms with Gasteiger partial charge in [0.15, 0.2) is 5.82 Å². The van der Waals surface area contributed by atoms with Gasteiger partial charge in [-0.3, -0.25) is 15.3 Å². The van der Waals surface area contributed by atoms with Crippen molar-refractivity contribution in [2.75, 3.05) is 44.9 Å². The molecule has 0 unspecified atom stereocenters. The summed E-state index contributed by atoms with van der Waals surface area (Å²) in [4.78, 5) is 15.4. The monoisotopic (exact) mass is 418 g/mol. The Balaban J connectivity index is 1.47. The molecule has 1 aliphatic heterocycles. The van der Waals surface area contributed by atoms with Crippen molar-refractivity contribution >= 4 is 12.0 Å². The molecular formula is C23H26N6O2. The largest absolute Gasteiger partial charge is 0.462 e. The van der Waals surface area contributed by atoms with Crippen LogP contribution < -0.4 is 10.2 Å². The van der Waals surface area contributed by atoms with Crippen LogP contribution in [0.4, 0.5) is 5.82 Å². The van der Waals surface area contributed by atoms with Crippen molar-refractivity contribution in [3.8, 4) is 17.3 Å². The molecule has 1 saturated heterocycles. The van der Waals surface area contributed by atoms with Gasteiger partial charge in [-0.05, 0) is 24.6 Å². The lowest BCUT2D eigenvalue weighted by Gasteiger charge is -2.26. The molecule has 8 heteroatoms. The van der Waals surface area contributed by atoms with Gasteiger partial charge in [-0.2, -0.15) is 15.1 Å². The van der Waals surface area contributed by atoms with Gasteiger partial charge < -0.3 is 9.47 Å². The van der Waals surface area contributed by atoms with E-state index in [1.165, 1.54) is 5.56 Å². The number of aromatic nitrogens is 3. The van der Waals surface area contributed by atoms with Crippen LogP contribution in [0.5, 0.6) is 6.01 Å². The van der Waals surface area contributed by atoms with Crippen LogP contribution in [0.25, 0.3) is 11.3 Å². The van der Waals surface area contributed by atoms with Crippen molar-refractivity contribution in [2.24, 2.45) is 5.10 Å². The van der Waals surface area contributed by atoms with E-state index in [-0.39, 0.29) is 0 Å². The molecule has 1 N–H and O–H groups in total. The number of aryl methyl sites for hydroxylation is 1. The van der Waals surface area contributed by atoms with Crippen LogP contribution in [0.2, 0.25) is 0 Å². The van der Waals surface area contributed by atoms with Crippen molar-refractivity contribution < 1.29 is 9.47 Å². The van der Waals surface area contributed by atoms with Crippen molar-refractivity contribution in [3.05, 3.63) is 66.0 Å². The van der Waals surface area contributed by atoms with Gasteiger partial charge in [-0.15, -0.1) is 0 Å². The third kappa shape index (κ3) is 6.31. The lowest BCUT2D eigenvalue weighted by Crippen LogP contribution is -2.38. The number of rotatable bonds is 8. The molecule has 0 aliphatic carbocycles. The number of benzene rings is 1. The highest BCUT2D eigenvalue weighted by atomic mass is 16.5.